The monoisotopic (exact) mass is 281 g/mol. The molecule has 0 radical (unpaired) electrons. The minimum Gasteiger partial charge on any atom is -0.314 e. The third kappa shape index (κ3) is 3.96. The molecule has 0 aromatic heterocycles. The Morgan fingerprint density at radius 1 is 1.20 bits per heavy atom. The van der Waals surface area contributed by atoms with Gasteiger partial charge in [0, 0.05) is 37.8 Å². The number of likely N-dealkylation sites (N-methyl/N-ethyl adjacent to an activating group) is 1. The van der Waals surface area contributed by atoms with Crippen molar-refractivity contribution in [1.29, 1.82) is 0 Å². The van der Waals surface area contributed by atoms with E-state index in [-0.39, 0.29) is 0 Å². The fraction of sp³-hybridized carbons (Fsp3) is 1.00. The third-order valence-electron chi connectivity index (χ3n) is 5.60. The van der Waals surface area contributed by atoms with Gasteiger partial charge in [-0.25, -0.2) is 0 Å². The molecule has 0 spiro atoms. The quantitative estimate of drug-likeness (QED) is 0.854. The first-order chi connectivity index (χ1) is 9.42. The molecule has 1 saturated heterocycles. The summed E-state index contributed by atoms with van der Waals surface area (Å²) in [4.78, 5) is 5.22. The maximum atomic E-state index is 3.74. The summed E-state index contributed by atoms with van der Waals surface area (Å²) in [6.45, 7) is 15.5. The first-order valence-electron chi connectivity index (χ1n) is 8.59. The Labute approximate surface area is 126 Å². The molecular weight excluding hydrogens is 246 g/mol. The molecule has 0 aromatic rings. The fourth-order valence-corrected chi connectivity index (χ4v) is 4.06. The Balaban J connectivity index is 1.92. The predicted molar refractivity (Wildman–Crippen MR) is 87.1 cm³/mol. The molecule has 1 aliphatic carbocycles. The van der Waals surface area contributed by atoms with E-state index >= 15 is 0 Å². The van der Waals surface area contributed by atoms with Crippen LogP contribution in [0.4, 0.5) is 0 Å². The molecule has 1 N–H and O–H groups in total. The van der Waals surface area contributed by atoms with Gasteiger partial charge in [-0.2, -0.15) is 0 Å². The molecule has 1 heterocycles. The summed E-state index contributed by atoms with van der Waals surface area (Å²) in [5.74, 6) is 1.76. The second-order valence-corrected chi connectivity index (χ2v) is 7.81. The zero-order valence-corrected chi connectivity index (χ0v) is 14.3. The lowest BCUT2D eigenvalue weighted by atomic mass is 9.78. The van der Waals surface area contributed by atoms with E-state index < -0.39 is 0 Å². The Hall–Kier alpha value is -0.120. The van der Waals surface area contributed by atoms with Crippen molar-refractivity contribution in [1.82, 2.24) is 15.1 Å². The van der Waals surface area contributed by atoms with Gasteiger partial charge in [0.15, 0.2) is 0 Å². The van der Waals surface area contributed by atoms with E-state index in [9.17, 15) is 0 Å². The number of piperazine rings is 1. The van der Waals surface area contributed by atoms with E-state index in [1.807, 2.05) is 0 Å². The van der Waals surface area contributed by atoms with E-state index in [0.29, 0.717) is 5.54 Å². The lowest BCUT2D eigenvalue weighted by Gasteiger charge is -2.47. The van der Waals surface area contributed by atoms with Crippen LogP contribution in [0.25, 0.3) is 0 Å². The van der Waals surface area contributed by atoms with Crippen LogP contribution in [0.5, 0.6) is 0 Å². The molecule has 1 aliphatic heterocycles. The zero-order valence-electron chi connectivity index (χ0n) is 14.3. The van der Waals surface area contributed by atoms with Crippen LogP contribution in [0.3, 0.4) is 0 Å². The first-order valence-corrected chi connectivity index (χ1v) is 8.59. The number of hydrogen-bond acceptors (Lipinski definition) is 3. The molecule has 2 fully saturated rings. The second-order valence-electron chi connectivity index (χ2n) is 7.81. The van der Waals surface area contributed by atoms with Gasteiger partial charge < -0.3 is 5.32 Å². The van der Waals surface area contributed by atoms with Gasteiger partial charge >= 0.3 is 0 Å². The highest BCUT2D eigenvalue weighted by molar-refractivity contribution is 4.91. The van der Waals surface area contributed by atoms with E-state index in [0.717, 1.165) is 24.4 Å². The molecule has 0 bridgehead atoms. The number of nitrogens with zero attached hydrogens (tertiary/aromatic N) is 2. The van der Waals surface area contributed by atoms with Crippen LogP contribution in [0.15, 0.2) is 0 Å². The van der Waals surface area contributed by atoms with Gasteiger partial charge in [0.05, 0.1) is 0 Å². The smallest absolute Gasteiger partial charge is 0.0277 e. The Bertz CT molecular complexity index is 303. The maximum absolute atomic E-state index is 3.74. The molecule has 3 nitrogen and oxygen atoms in total. The normalized spacial score (nSPS) is 36.1. The predicted octanol–water partition coefficient (Wildman–Crippen LogP) is 2.43. The van der Waals surface area contributed by atoms with Gasteiger partial charge in [-0.05, 0) is 58.5 Å². The summed E-state index contributed by atoms with van der Waals surface area (Å²) in [5.41, 5.74) is 0.326. The zero-order chi connectivity index (χ0) is 14.8. The third-order valence-corrected chi connectivity index (χ3v) is 5.60. The van der Waals surface area contributed by atoms with E-state index in [1.165, 1.54) is 45.4 Å². The molecule has 3 heteroatoms. The van der Waals surface area contributed by atoms with E-state index in [4.69, 9.17) is 0 Å². The van der Waals surface area contributed by atoms with E-state index in [1.54, 1.807) is 0 Å². The van der Waals surface area contributed by atoms with Gasteiger partial charge in [0.2, 0.25) is 0 Å². The van der Waals surface area contributed by atoms with Crippen LogP contribution >= 0.6 is 0 Å². The molecular formula is C17H35N3. The highest BCUT2D eigenvalue weighted by atomic mass is 15.3. The maximum Gasteiger partial charge on any atom is 0.0277 e. The Morgan fingerprint density at radius 2 is 1.95 bits per heavy atom. The SMILES string of the molecule is CCNC1CCC(C)CC1CN1CCN(C)C(C)(C)C1. The van der Waals surface area contributed by atoms with Crippen LogP contribution in [0.1, 0.15) is 47.0 Å². The van der Waals surface area contributed by atoms with Crippen molar-refractivity contribution in [3.05, 3.63) is 0 Å². The molecule has 2 aliphatic rings. The average Bonchev–Trinajstić information content (AvgIpc) is 2.37. The summed E-state index contributed by atoms with van der Waals surface area (Å²) in [7, 11) is 2.27. The van der Waals surface area contributed by atoms with Crippen molar-refractivity contribution >= 4 is 0 Å². The molecule has 3 unspecified atom stereocenters. The largest absolute Gasteiger partial charge is 0.314 e. The Morgan fingerprint density at radius 3 is 2.60 bits per heavy atom. The Kier molecular flexibility index (Phi) is 5.49. The van der Waals surface area contributed by atoms with Crippen LogP contribution < -0.4 is 5.32 Å². The minimum absolute atomic E-state index is 0.326. The van der Waals surface area contributed by atoms with Gasteiger partial charge in [-0.3, -0.25) is 9.80 Å². The summed E-state index contributed by atoms with van der Waals surface area (Å²) >= 11 is 0. The van der Waals surface area contributed by atoms with Crippen molar-refractivity contribution in [2.75, 3.05) is 39.8 Å². The topological polar surface area (TPSA) is 18.5 Å². The molecule has 0 aromatic carbocycles. The van der Waals surface area contributed by atoms with Crippen molar-refractivity contribution in [3.63, 3.8) is 0 Å². The van der Waals surface area contributed by atoms with Gasteiger partial charge in [0.1, 0.15) is 0 Å². The van der Waals surface area contributed by atoms with Gasteiger partial charge in [-0.1, -0.05) is 13.8 Å². The summed E-state index contributed by atoms with van der Waals surface area (Å²) < 4.78 is 0. The first kappa shape index (κ1) is 16.3. The van der Waals surface area contributed by atoms with Crippen molar-refractivity contribution in [3.8, 4) is 0 Å². The lowest BCUT2D eigenvalue weighted by Crippen LogP contribution is -2.59. The summed E-state index contributed by atoms with van der Waals surface area (Å²) in [5, 5.41) is 3.74. The second kappa shape index (κ2) is 6.76. The molecule has 0 amide bonds. The highest BCUT2D eigenvalue weighted by Gasteiger charge is 2.34. The molecule has 2 rings (SSSR count). The number of nitrogens with one attached hydrogen (secondary N) is 1. The molecule has 118 valence electrons. The van der Waals surface area contributed by atoms with Crippen LogP contribution in [0.2, 0.25) is 0 Å². The van der Waals surface area contributed by atoms with Crippen LogP contribution in [-0.4, -0.2) is 61.2 Å². The van der Waals surface area contributed by atoms with Crippen LogP contribution in [0, 0.1) is 11.8 Å². The van der Waals surface area contributed by atoms with Crippen LogP contribution in [-0.2, 0) is 0 Å². The van der Waals surface area contributed by atoms with E-state index in [2.05, 4.69) is 49.9 Å². The van der Waals surface area contributed by atoms with Gasteiger partial charge in [0.25, 0.3) is 0 Å². The molecule has 3 atom stereocenters. The van der Waals surface area contributed by atoms with Crippen molar-refractivity contribution in [2.45, 2.75) is 58.5 Å². The van der Waals surface area contributed by atoms with Crippen molar-refractivity contribution < 1.29 is 0 Å². The molecule has 20 heavy (non-hydrogen) atoms. The lowest BCUT2D eigenvalue weighted by molar-refractivity contribution is 0.0224. The average molecular weight is 281 g/mol. The number of rotatable bonds is 4. The van der Waals surface area contributed by atoms with Crippen molar-refractivity contribution in [2.24, 2.45) is 11.8 Å². The highest BCUT2D eigenvalue weighted by Crippen LogP contribution is 2.31. The summed E-state index contributed by atoms with van der Waals surface area (Å²) in [6.07, 6.45) is 4.18. The standard InChI is InChI=1S/C17H35N3/c1-6-18-16-8-7-14(2)11-15(16)12-20-10-9-19(5)17(3,4)13-20/h14-16,18H,6-13H2,1-5H3. The molecule has 1 saturated carbocycles. The van der Waals surface area contributed by atoms with Gasteiger partial charge in [-0.15, -0.1) is 0 Å². The fourth-order valence-electron chi connectivity index (χ4n) is 4.06. The summed E-state index contributed by atoms with van der Waals surface area (Å²) in [6, 6.07) is 0.749. The minimum atomic E-state index is 0.326. The number of hydrogen-bond donors (Lipinski definition) is 1.